The smallest absolute Gasteiger partial charge is 0.307 e. The van der Waals surface area contributed by atoms with E-state index >= 15 is 0 Å². The second-order valence-electron chi connectivity index (χ2n) is 7.09. The van der Waals surface area contributed by atoms with Crippen LogP contribution in [-0.2, 0) is 4.79 Å². The number of rotatable bonds is 6. The summed E-state index contributed by atoms with van der Waals surface area (Å²) in [6.07, 6.45) is 4.96. The van der Waals surface area contributed by atoms with Crippen molar-refractivity contribution in [1.29, 1.82) is 0 Å². The van der Waals surface area contributed by atoms with Crippen molar-refractivity contribution < 1.29 is 9.90 Å². The highest BCUT2D eigenvalue weighted by molar-refractivity contribution is 5.79. The Labute approximate surface area is 156 Å². The van der Waals surface area contributed by atoms with E-state index in [-0.39, 0.29) is 5.92 Å². The Morgan fingerprint density at radius 2 is 1.62 bits per heavy atom. The van der Waals surface area contributed by atoms with E-state index in [0.29, 0.717) is 12.6 Å². The first kappa shape index (κ1) is 18.4. The molecule has 1 aliphatic rings. The van der Waals surface area contributed by atoms with Crippen molar-refractivity contribution in [2.24, 2.45) is 5.92 Å². The van der Waals surface area contributed by atoms with E-state index in [1.807, 2.05) is 12.1 Å². The number of benzene rings is 2. The van der Waals surface area contributed by atoms with Crippen molar-refractivity contribution in [3.05, 3.63) is 77.9 Å². The lowest BCUT2D eigenvalue weighted by Crippen LogP contribution is -2.44. The first-order valence-electron chi connectivity index (χ1n) is 9.43. The number of likely N-dealkylation sites (tertiary alicyclic amines) is 1. The van der Waals surface area contributed by atoms with E-state index in [4.69, 9.17) is 0 Å². The van der Waals surface area contributed by atoms with Gasteiger partial charge in [0.25, 0.3) is 0 Å². The van der Waals surface area contributed by atoms with Crippen molar-refractivity contribution in [2.45, 2.75) is 32.2 Å². The monoisotopic (exact) mass is 349 g/mol. The first-order chi connectivity index (χ1) is 12.6. The van der Waals surface area contributed by atoms with Crippen molar-refractivity contribution >= 4 is 11.5 Å². The minimum absolute atomic E-state index is 0.224. The third-order valence-electron chi connectivity index (χ3n) is 5.29. The summed E-state index contributed by atoms with van der Waals surface area (Å²) in [6.45, 7) is 3.77. The Balaban J connectivity index is 1.74. The third-order valence-corrected chi connectivity index (χ3v) is 5.29. The molecule has 26 heavy (non-hydrogen) atoms. The van der Waals surface area contributed by atoms with Crippen LogP contribution in [0.15, 0.2) is 66.7 Å². The average Bonchev–Trinajstić information content (AvgIpc) is 2.67. The van der Waals surface area contributed by atoms with Crippen LogP contribution in [-0.4, -0.2) is 35.1 Å². The molecule has 2 aromatic rings. The lowest BCUT2D eigenvalue weighted by molar-refractivity contribution is -0.144. The summed E-state index contributed by atoms with van der Waals surface area (Å²) in [5.41, 5.74) is 3.67. The standard InChI is InChI=1S/C23H27NO2/c1-18-14-15-21(23(25)26)17-24(18)16-8-13-22(19-9-4-2-5-10-19)20-11-6-3-7-12-20/h2-7,9-13,18,21H,8,14-17H2,1H3,(H,25,26)/t18-,21?/m1/s1. The summed E-state index contributed by atoms with van der Waals surface area (Å²) in [5.74, 6) is -0.885. The van der Waals surface area contributed by atoms with Gasteiger partial charge in [-0.15, -0.1) is 0 Å². The maximum atomic E-state index is 11.3. The first-order valence-corrected chi connectivity index (χ1v) is 9.43. The maximum Gasteiger partial charge on any atom is 0.307 e. The normalized spacial score (nSPS) is 20.5. The molecule has 136 valence electrons. The number of aliphatic carboxylic acids is 1. The van der Waals surface area contributed by atoms with Crippen LogP contribution in [0.1, 0.15) is 37.3 Å². The molecule has 0 bridgehead atoms. The van der Waals surface area contributed by atoms with Crippen LogP contribution in [0.2, 0.25) is 0 Å². The molecule has 2 aromatic carbocycles. The molecule has 2 atom stereocenters. The zero-order valence-electron chi connectivity index (χ0n) is 15.3. The molecule has 3 rings (SSSR count). The highest BCUT2D eigenvalue weighted by Crippen LogP contribution is 2.25. The zero-order chi connectivity index (χ0) is 18.4. The summed E-state index contributed by atoms with van der Waals surface area (Å²) in [6, 6.07) is 21.4. The molecule has 1 heterocycles. The topological polar surface area (TPSA) is 40.5 Å². The van der Waals surface area contributed by atoms with Crippen molar-refractivity contribution in [3.8, 4) is 0 Å². The molecule has 1 fully saturated rings. The molecule has 0 saturated carbocycles. The van der Waals surface area contributed by atoms with Crippen molar-refractivity contribution in [2.75, 3.05) is 13.1 Å². The SMILES string of the molecule is C[C@@H]1CCC(C(=O)O)CN1CCC=C(c1ccccc1)c1ccccc1. The van der Waals surface area contributed by atoms with Crippen LogP contribution in [0.4, 0.5) is 0 Å². The van der Waals surface area contributed by atoms with Crippen LogP contribution >= 0.6 is 0 Å². The predicted molar refractivity (Wildman–Crippen MR) is 106 cm³/mol. The van der Waals surface area contributed by atoms with Crippen LogP contribution in [0, 0.1) is 5.92 Å². The van der Waals surface area contributed by atoms with Gasteiger partial charge < -0.3 is 5.11 Å². The fourth-order valence-corrected chi connectivity index (χ4v) is 3.71. The quantitative estimate of drug-likeness (QED) is 0.822. The Hall–Kier alpha value is -2.39. The van der Waals surface area contributed by atoms with Gasteiger partial charge >= 0.3 is 5.97 Å². The molecule has 1 saturated heterocycles. The Morgan fingerprint density at radius 1 is 1.04 bits per heavy atom. The molecule has 0 aliphatic carbocycles. The lowest BCUT2D eigenvalue weighted by Gasteiger charge is -2.36. The van der Waals surface area contributed by atoms with Crippen LogP contribution in [0.3, 0.4) is 0 Å². The number of hydrogen-bond acceptors (Lipinski definition) is 2. The van der Waals surface area contributed by atoms with Gasteiger partial charge in [-0.1, -0.05) is 66.7 Å². The van der Waals surface area contributed by atoms with Gasteiger partial charge in [-0.3, -0.25) is 9.69 Å². The van der Waals surface area contributed by atoms with Gasteiger partial charge in [-0.2, -0.15) is 0 Å². The van der Waals surface area contributed by atoms with Gasteiger partial charge in [0, 0.05) is 19.1 Å². The van der Waals surface area contributed by atoms with Gasteiger partial charge in [0.2, 0.25) is 0 Å². The van der Waals surface area contributed by atoms with E-state index in [0.717, 1.165) is 25.8 Å². The number of carboxylic acids is 1. The van der Waals surface area contributed by atoms with Gasteiger partial charge in [0.1, 0.15) is 0 Å². The fraction of sp³-hybridized carbons (Fsp3) is 0.348. The maximum absolute atomic E-state index is 11.3. The van der Waals surface area contributed by atoms with Gasteiger partial charge in [0.15, 0.2) is 0 Å². The molecule has 3 heteroatoms. The molecule has 0 radical (unpaired) electrons. The highest BCUT2D eigenvalue weighted by Gasteiger charge is 2.29. The molecule has 1 N–H and O–H groups in total. The van der Waals surface area contributed by atoms with Gasteiger partial charge in [0.05, 0.1) is 5.92 Å². The molecular weight excluding hydrogens is 322 g/mol. The summed E-state index contributed by atoms with van der Waals surface area (Å²) in [4.78, 5) is 13.6. The van der Waals surface area contributed by atoms with Gasteiger partial charge in [-0.05, 0) is 42.9 Å². The van der Waals surface area contributed by atoms with Crippen molar-refractivity contribution in [3.63, 3.8) is 0 Å². The molecule has 1 unspecified atom stereocenters. The molecule has 0 amide bonds. The van der Waals surface area contributed by atoms with E-state index < -0.39 is 5.97 Å². The Bertz CT molecular complexity index is 698. The van der Waals surface area contributed by atoms with Crippen LogP contribution < -0.4 is 0 Å². The molecule has 0 aromatic heterocycles. The molecule has 3 nitrogen and oxygen atoms in total. The lowest BCUT2D eigenvalue weighted by atomic mass is 9.93. The largest absolute Gasteiger partial charge is 0.481 e. The Kier molecular flexibility index (Phi) is 6.24. The van der Waals surface area contributed by atoms with E-state index in [1.165, 1.54) is 16.7 Å². The van der Waals surface area contributed by atoms with E-state index in [2.05, 4.69) is 66.4 Å². The minimum Gasteiger partial charge on any atom is -0.481 e. The average molecular weight is 349 g/mol. The number of hydrogen-bond donors (Lipinski definition) is 1. The zero-order valence-corrected chi connectivity index (χ0v) is 15.3. The minimum atomic E-state index is -0.660. The predicted octanol–water partition coefficient (Wildman–Crippen LogP) is 4.69. The second-order valence-corrected chi connectivity index (χ2v) is 7.09. The molecular formula is C23H27NO2. The Morgan fingerprint density at radius 3 is 2.15 bits per heavy atom. The highest BCUT2D eigenvalue weighted by atomic mass is 16.4. The summed E-state index contributed by atoms with van der Waals surface area (Å²) >= 11 is 0. The van der Waals surface area contributed by atoms with E-state index in [1.54, 1.807) is 0 Å². The second kappa shape index (κ2) is 8.81. The summed E-state index contributed by atoms with van der Waals surface area (Å²) < 4.78 is 0. The van der Waals surface area contributed by atoms with Crippen LogP contribution in [0.5, 0.6) is 0 Å². The summed E-state index contributed by atoms with van der Waals surface area (Å²) in [7, 11) is 0. The third kappa shape index (κ3) is 4.61. The number of piperidine rings is 1. The number of carbonyl (C=O) groups is 1. The van der Waals surface area contributed by atoms with Crippen molar-refractivity contribution in [1.82, 2.24) is 4.90 Å². The number of nitrogens with zero attached hydrogens (tertiary/aromatic N) is 1. The number of carboxylic acid groups (broad SMARTS) is 1. The van der Waals surface area contributed by atoms with Crippen LogP contribution in [0.25, 0.3) is 5.57 Å². The fourth-order valence-electron chi connectivity index (χ4n) is 3.71. The van der Waals surface area contributed by atoms with Gasteiger partial charge in [-0.25, -0.2) is 0 Å². The molecule has 1 aliphatic heterocycles. The summed E-state index contributed by atoms with van der Waals surface area (Å²) in [5, 5.41) is 9.31. The van der Waals surface area contributed by atoms with E-state index in [9.17, 15) is 9.90 Å². The molecule has 0 spiro atoms.